The highest BCUT2D eigenvalue weighted by atomic mass is 35.5. The molecule has 11 heavy (non-hydrogen) atoms. The van der Waals surface area contributed by atoms with E-state index in [1.807, 2.05) is 0 Å². The molecule has 0 aliphatic rings. The average molecular weight is 170 g/mol. The molecule has 0 aromatic heterocycles. The number of hydrogen-bond donors (Lipinski definition) is 1. The number of anilines is 1. The SMILES string of the molecule is Nc1cccc(CCl)c1C=O. The number of aldehydes is 1. The minimum Gasteiger partial charge on any atom is -0.398 e. The summed E-state index contributed by atoms with van der Waals surface area (Å²) < 4.78 is 0. The Labute approximate surface area is 70.0 Å². The first-order valence-corrected chi connectivity index (χ1v) is 3.71. The smallest absolute Gasteiger partial charge is 0.152 e. The summed E-state index contributed by atoms with van der Waals surface area (Å²) >= 11 is 5.57. The third-order valence-electron chi connectivity index (χ3n) is 1.49. The second kappa shape index (κ2) is 3.39. The van der Waals surface area contributed by atoms with E-state index in [0.717, 1.165) is 11.8 Å². The van der Waals surface area contributed by atoms with Crippen LogP contribution in [0.4, 0.5) is 5.69 Å². The number of nitrogens with two attached hydrogens (primary N) is 1. The third-order valence-corrected chi connectivity index (χ3v) is 1.78. The number of carbonyl (C=O) groups is 1. The lowest BCUT2D eigenvalue weighted by Crippen LogP contribution is -1.96. The number of halogens is 1. The van der Waals surface area contributed by atoms with Gasteiger partial charge in [-0.15, -0.1) is 11.6 Å². The van der Waals surface area contributed by atoms with Gasteiger partial charge in [-0.2, -0.15) is 0 Å². The normalized spacial score (nSPS) is 9.55. The first kappa shape index (κ1) is 8.08. The molecule has 0 atom stereocenters. The summed E-state index contributed by atoms with van der Waals surface area (Å²) in [6.45, 7) is 0. The third kappa shape index (κ3) is 1.52. The Morgan fingerprint density at radius 2 is 2.27 bits per heavy atom. The minimum atomic E-state index is 0.319. The summed E-state index contributed by atoms with van der Waals surface area (Å²) in [6, 6.07) is 5.24. The van der Waals surface area contributed by atoms with Crippen LogP contribution in [0.2, 0.25) is 0 Å². The summed E-state index contributed by atoms with van der Waals surface area (Å²) in [5.41, 5.74) is 7.28. The Hall–Kier alpha value is -1.02. The molecule has 0 saturated carbocycles. The first-order valence-electron chi connectivity index (χ1n) is 3.18. The van der Waals surface area contributed by atoms with Crippen molar-refractivity contribution in [1.82, 2.24) is 0 Å². The van der Waals surface area contributed by atoms with Crippen molar-refractivity contribution in [1.29, 1.82) is 0 Å². The Bertz CT molecular complexity index is 273. The van der Waals surface area contributed by atoms with Crippen LogP contribution in [0, 0.1) is 0 Å². The van der Waals surface area contributed by atoms with Crippen molar-refractivity contribution < 1.29 is 4.79 Å². The molecule has 3 heteroatoms. The first-order chi connectivity index (χ1) is 5.29. The molecule has 1 aromatic rings. The van der Waals surface area contributed by atoms with Gasteiger partial charge >= 0.3 is 0 Å². The molecule has 1 aromatic carbocycles. The molecule has 2 nitrogen and oxygen atoms in total. The maximum Gasteiger partial charge on any atom is 0.152 e. The zero-order valence-corrected chi connectivity index (χ0v) is 6.64. The van der Waals surface area contributed by atoms with Crippen LogP contribution in [0.1, 0.15) is 15.9 Å². The molecule has 0 saturated heterocycles. The van der Waals surface area contributed by atoms with Crippen molar-refractivity contribution in [3.8, 4) is 0 Å². The molecule has 0 fully saturated rings. The van der Waals surface area contributed by atoms with Gasteiger partial charge in [-0.3, -0.25) is 4.79 Å². The lowest BCUT2D eigenvalue weighted by molar-refractivity contribution is 0.112. The molecule has 0 aliphatic carbocycles. The number of nitrogen functional groups attached to an aromatic ring is 1. The minimum absolute atomic E-state index is 0.319. The lowest BCUT2D eigenvalue weighted by Gasteiger charge is -2.02. The van der Waals surface area contributed by atoms with Gasteiger partial charge in [-0.05, 0) is 11.6 Å². The molecule has 0 bridgehead atoms. The summed E-state index contributed by atoms with van der Waals surface area (Å²) in [7, 11) is 0. The fraction of sp³-hybridized carbons (Fsp3) is 0.125. The van der Waals surface area contributed by atoms with Crippen LogP contribution in [0.25, 0.3) is 0 Å². The van der Waals surface area contributed by atoms with Crippen molar-refractivity contribution in [3.63, 3.8) is 0 Å². The highest BCUT2D eigenvalue weighted by Crippen LogP contribution is 2.15. The number of carbonyl (C=O) groups excluding carboxylic acids is 1. The number of hydrogen-bond acceptors (Lipinski definition) is 2. The number of alkyl halides is 1. The van der Waals surface area contributed by atoms with Gasteiger partial charge in [0.2, 0.25) is 0 Å². The molecular weight excluding hydrogens is 162 g/mol. The van der Waals surface area contributed by atoms with Crippen molar-refractivity contribution in [2.75, 3.05) is 5.73 Å². The second-order valence-corrected chi connectivity index (χ2v) is 2.44. The van der Waals surface area contributed by atoms with E-state index in [-0.39, 0.29) is 0 Å². The van der Waals surface area contributed by atoms with Crippen LogP contribution in [-0.4, -0.2) is 6.29 Å². The van der Waals surface area contributed by atoms with E-state index in [1.54, 1.807) is 18.2 Å². The van der Waals surface area contributed by atoms with Gasteiger partial charge in [0.25, 0.3) is 0 Å². The largest absolute Gasteiger partial charge is 0.398 e. The molecule has 0 spiro atoms. The second-order valence-electron chi connectivity index (χ2n) is 2.17. The Kier molecular flexibility index (Phi) is 2.49. The van der Waals surface area contributed by atoms with Crippen LogP contribution in [-0.2, 0) is 5.88 Å². The fourth-order valence-electron chi connectivity index (χ4n) is 0.893. The predicted molar refractivity (Wildman–Crippen MR) is 45.8 cm³/mol. The zero-order chi connectivity index (χ0) is 8.27. The van der Waals surface area contributed by atoms with E-state index in [2.05, 4.69) is 0 Å². The molecular formula is C8H8ClNO. The fourth-order valence-corrected chi connectivity index (χ4v) is 1.13. The van der Waals surface area contributed by atoms with Crippen LogP contribution in [0.5, 0.6) is 0 Å². The Balaban J connectivity index is 3.24. The number of benzene rings is 1. The van der Waals surface area contributed by atoms with Crippen molar-refractivity contribution in [3.05, 3.63) is 29.3 Å². The van der Waals surface area contributed by atoms with E-state index < -0.39 is 0 Å². The standard InChI is InChI=1S/C8H8ClNO/c9-4-6-2-1-3-8(10)7(6)5-11/h1-3,5H,4,10H2. The van der Waals surface area contributed by atoms with Crippen molar-refractivity contribution in [2.24, 2.45) is 0 Å². The van der Waals surface area contributed by atoms with Crippen LogP contribution in [0.3, 0.4) is 0 Å². The molecule has 0 aliphatic heterocycles. The summed E-state index contributed by atoms with van der Waals surface area (Å²) in [5, 5.41) is 0. The van der Waals surface area contributed by atoms with Gasteiger partial charge in [0, 0.05) is 17.1 Å². The highest BCUT2D eigenvalue weighted by Gasteiger charge is 2.02. The topological polar surface area (TPSA) is 43.1 Å². The maximum absolute atomic E-state index is 10.5. The lowest BCUT2D eigenvalue weighted by atomic mass is 10.1. The van der Waals surface area contributed by atoms with Gasteiger partial charge in [0.1, 0.15) is 0 Å². The molecule has 0 unspecified atom stereocenters. The molecule has 2 N–H and O–H groups in total. The molecule has 1 rings (SSSR count). The predicted octanol–water partition coefficient (Wildman–Crippen LogP) is 1.82. The van der Waals surface area contributed by atoms with Gasteiger partial charge in [-0.25, -0.2) is 0 Å². The zero-order valence-electron chi connectivity index (χ0n) is 5.88. The number of rotatable bonds is 2. The van der Waals surface area contributed by atoms with Gasteiger partial charge in [0.05, 0.1) is 0 Å². The van der Waals surface area contributed by atoms with Gasteiger partial charge in [-0.1, -0.05) is 12.1 Å². The quantitative estimate of drug-likeness (QED) is 0.417. The Morgan fingerprint density at radius 1 is 1.55 bits per heavy atom. The Morgan fingerprint density at radius 3 is 2.73 bits per heavy atom. The van der Waals surface area contributed by atoms with Crippen molar-refractivity contribution in [2.45, 2.75) is 5.88 Å². The molecule has 0 heterocycles. The van der Waals surface area contributed by atoms with Gasteiger partial charge in [0.15, 0.2) is 6.29 Å². The van der Waals surface area contributed by atoms with Crippen LogP contribution in [0.15, 0.2) is 18.2 Å². The van der Waals surface area contributed by atoms with Crippen LogP contribution < -0.4 is 5.73 Å². The van der Waals surface area contributed by atoms with E-state index >= 15 is 0 Å². The van der Waals surface area contributed by atoms with Gasteiger partial charge < -0.3 is 5.73 Å². The summed E-state index contributed by atoms with van der Waals surface area (Å²) in [4.78, 5) is 10.5. The summed E-state index contributed by atoms with van der Waals surface area (Å²) in [5.74, 6) is 0.319. The maximum atomic E-state index is 10.5. The molecule has 0 radical (unpaired) electrons. The molecule has 58 valence electrons. The van der Waals surface area contributed by atoms with E-state index in [0.29, 0.717) is 17.1 Å². The van der Waals surface area contributed by atoms with Crippen molar-refractivity contribution >= 4 is 23.6 Å². The van der Waals surface area contributed by atoms with Crippen LogP contribution >= 0.6 is 11.6 Å². The van der Waals surface area contributed by atoms with E-state index in [4.69, 9.17) is 17.3 Å². The summed E-state index contributed by atoms with van der Waals surface area (Å²) in [6.07, 6.45) is 0.729. The van der Waals surface area contributed by atoms with E-state index in [9.17, 15) is 4.79 Å². The average Bonchev–Trinajstić information content (AvgIpc) is 2.04. The highest BCUT2D eigenvalue weighted by molar-refractivity contribution is 6.17. The van der Waals surface area contributed by atoms with E-state index in [1.165, 1.54) is 0 Å². The monoisotopic (exact) mass is 169 g/mol. The molecule has 0 amide bonds.